The molecule has 7 heteroatoms. The van der Waals surface area contributed by atoms with Crippen LogP contribution in [0.5, 0.6) is 0 Å². The lowest BCUT2D eigenvalue weighted by Crippen LogP contribution is -2.17. The molecule has 1 saturated heterocycles. The van der Waals surface area contributed by atoms with Crippen LogP contribution in [0.2, 0.25) is 10.0 Å². The third kappa shape index (κ3) is 3.06. The number of aryl methyl sites for hydroxylation is 1. The molecule has 1 fully saturated rings. The van der Waals surface area contributed by atoms with Crippen molar-refractivity contribution in [3.63, 3.8) is 0 Å². The summed E-state index contributed by atoms with van der Waals surface area (Å²) in [6.45, 7) is 3.96. The Hall–Kier alpha value is -1.27. The van der Waals surface area contributed by atoms with Crippen molar-refractivity contribution in [2.75, 3.05) is 0 Å². The topological polar surface area (TPSA) is 34.0 Å². The molecule has 0 spiro atoms. The molecule has 1 aliphatic rings. The fraction of sp³-hybridized carbons (Fsp3) is 0.125. The molecule has 0 aliphatic carbocycles. The molecule has 2 aromatic rings. The van der Waals surface area contributed by atoms with Gasteiger partial charge in [0.25, 0.3) is 5.91 Å². The number of hydrogen-bond donors (Lipinski definition) is 1. The molecule has 1 amide bonds. The summed E-state index contributed by atoms with van der Waals surface area (Å²) >= 11 is 18.7. The van der Waals surface area contributed by atoms with Crippen LogP contribution in [0.15, 0.2) is 29.2 Å². The number of nitrogens with one attached hydrogen (secondary N) is 1. The van der Waals surface area contributed by atoms with E-state index in [1.54, 1.807) is 6.07 Å². The second kappa shape index (κ2) is 6.32. The van der Waals surface area contributed by atoms with E-state index >= 15 is 0 Å². The van der Waals surface area contributed by atoms with Gasteiger partial charge < -0.3 is 9.88 Å². The molecule has 0 atom stereocenters. The van der Waals surface area contributed by atoms with Crippen LogP contribution in [0.4, 0.5) is 0 Å². The van der Waals surface area contributed by atoms with Gasteiger partial charge in [0.15, 0.2) is 0 Å². The number of benzene rings is 1. The fourth-order valence-corrected chi connectivity index (χ4v) is 3.95. The molecule has 118 valence electrons. The van der Waals surface area contributed by atoms with Crippen LogP contribution in [0.25, 0.3) is 11.8 Å². The number of rotatable bonds is 2. The van der Waals surface area contributed by atoms with Crippen LogP contribution in [0.3, 0.4) is 0 Å². The van der Waals surface area contributed by atoms with E-state index in [0.29, 0.717) is 19.3 Å². The fourth-order valence-electron chi connectivity index (χ4n) is 2.53. The number of carbonyl (C=O) groups is 1. The van der Waals surface area contributed by atoms with Crippen LogP contribution in [-0.4, -0.2) is 14.8 Å². The number of nitrogens with zero attached hydrogens (tertiary/aromatic N) is 1. The van der Waals surface area contributed by atoms with Crippen molar-refractivity contribution < 1.29 is 4.79 Å². The molecule has 1 aliphatic heterocycles. The monoisotopic (exact) mass is 382 g/mol. The highest BCUT2D eigenvalue weighted by Gasteiger charge is 2.23. The summed E-state index contributed by atoms with van der Waals surface area (Å²) in [5.41, 5.74) is 3.74. The Labute approximate surface area is 153 Å². The van der Waals surface area contributed by atoms with Crippen molar-refractivity contribution in [3.05, 3.63) is 56.2 Å². The molecule has 3 rings (SSSR count). The standard InChI is InChI=1S/C16H12Cl2N2OS2/c1-8-6-10(7-13-15(21)19-16(22)23-13)9(2)20(8)12-5-3-4-11(17)14(12)18/h3-7H,1-2H3,(H,19,21,22)/b13-7+. The zero-order valence-corrected chi connectivity index (χ0v) is 15.5. The molecule has 23 heavy (non-hydrogen) atoms. The highest BCUT2D eigenvalue weighted by Crippen LogP contribution is 2.33. The number of amides is 1. The van der Waals surface area contributed by atoms with Gasteiger partial charge in [-0.05, 0) is 43.7 Å². The van der Waals surface area contributed by atoms with E-state index in [9.17, 15) is 4.79 Å². The summed E-state index contributed by atoms with van der Waals surface area (Å²) in [5.74, 6) is -0.161. The largest absolute Gasteiger partial charge is 0.316 e. The van der Waals surface area contributed by atoms with Crippen LogP contribution < -0.4 is 5.32 Å². The zero-order chi connectivity index (χ0) is 16.7. The van der Waals surface area contributed by atoms with Gasteiger partial charge in [-0.15, -0.1) is 0 Å². The molecular weight excluding hydrogens is 371 g/mol. The van der Waals surface area contributed by atoms with Crippen LogP contribution in [-0.2, 0) is 4.79 Å². The lowest BCUT2D eigenvalue weighted by Gasteiger charge is -2.12. The SMILES string of the molecule is Cc1cc(/C=C2/SC(=S)NC2=O)c(C)n1-c1cccc(Cl)c1Cl. The molecule has 1 aromatic heterocycles. The summed E-state index contributed by atoms with van der Waals surface area (Å²) < 4.78 is 2.50. The second-order valence-corrected chi connectivity index (χ2v) is 7.59. The minimum absolute atomic E-state index is 0.161. The van der Waals surface area contributed by atoms with Gasteiger partial charge in [-0.1, -0.05) is 53.2 Å². The zero-order valence-electron chi connectivity index (χ0n) is 12.3. The van der Waals surface area contributed by atoms with E-state index in [1.165, 1.54) is 11.8 Å². The van der Waals surface area contributed by atoms with Gasteiger partial charge in [0.1, 0.15) is 4.32 Å². The molecule has 1 N–H and O–H groups in total. The maximum absolute atomic E-state index is 11.8. The van der Waals surface area contributed by atoms with Crippen molar-refractivity contribution in [1.82, 2.24) is 9.88 Å². The first-order chi connectivity index (χ1) is 10.9. The van der Waals surface area contributed by atoms with Crippen molar-refractivity contribution in [2.24, 2.45) is 0 Å². The predicted molar refractivity (Wildman–Crippen MR) is 102 cm³/mol. The first-order valence-electron chi connectivity index (χ1n) is 6.76. The third-order valence-electron chi connectivity index (χ3n) is 3.57. The molecule has 2 heterocycles. The van der Waals surface area contributed by atoms with Gasteiger partial charge in [-0.3, -0.25) is 4.79 Å². The number of carbonyl (C=O) groups excluding carboxylic acids is 1. The van der Waals surface area contributed by atoms with Gasteiger partial charge in [0, 0.05) is 11.4 Å². The molecule has 3 nitrogen and oxygen atoms in total. The third-order valence-corrected chi connectivity index (χ3v) is 5.54. The molecule has 1 aromatic carbocycles. The second-order valence-electron chi connectivity index (χ2n) is 5.09. The quantitative estimate of drug-likeness (QED) is 0.592. The summed E-state index contributed by atoms with van der Waals surface area (Å²) in [6.07, 6.45) is 1.84. The van der Waals surface area contributed by atoms with Crippen LogP contribution in [0, 0.1) is 13.8 Å². The highest BCUT2D eigenvalue weighted by atomic mass is 35.5. The molecule has 0 saturated carbocycles. The lowest BCUT2D eigenvalue weighted by molar-refractivity contribution is -0.115. The van der Waals surface area contributed by atoms with Crippen molar-refractivity contribution in [3.8, 4) is 5.69 Å². The van der Waals surface area contributed by atoms with Gasteiger partial charge in [0.2, 0.25) is 0 Å². The van der Waals surface area contributed by atoms with E-state index in [1.807, 2.05) is 42.7 Å². The first-order valence-corrected chi connectivity index (χ1v) is 8.74. The predicted octanol–water partition coefficient (Wildman–Crippen LogP) is 4.89. The van der Waals surface area contributed by atoms with Gasteiger partial charge in [-0.2, -0.15) is 0 Å². The van der Waals surface area contributed by atoms with Gasteiger partial charge >= 0.3 is 0 Å². The smallest absolute Gasteiger partial charge is 0.263 e. The van der Waals surface area contributed by atoms with Crippen molar-refractivity contribution in [1.29, 1.82) is 0 Å². The highest BCUT2D eigenvalue weighted by molar-refractivity contribution is 8.26. The maximum atomic E-state index is 11.8. The van der Waals surface area contributed by atoms with E-state index in [0.717, 1.165) is 22.6 Å². The Bertz CT molecular complexity index is 871. The molecule has 0 unspecified atom stereocenters. The summed E-state index contributed by atoms with van der Waals surface area (Å²) in [7, 11) is 0. The summed E-state index contributed by atoms with van der Waals surface area (Å²) in [5, 5.41) is 3.63. The van der Waals surface area contributed by atoms with Crippen LogP contribution >= 0.6 is 47.2 Å². The van der Waals surface area contributed by atoms with E-state index in [2.05, 4.69) is 5.32 Å². The minimum atomic E-state index is -0.161. The van der Waals surface area contributed by atoms with Crippen LogP contribution in [0.1, 0.15) is 17.0 Å². The Balaban J connectivity index is 2.11. The Morgan fingerprint density at radius 3 is 2.70 bits per heavy atom. The molecular formula is C16H12Cl2N2OS2. The van der Waals surface area contributed by atoms with Crippen molar-refractivity contribution in [2.45, 2.75) is 13.8 Å². The van der Waals surface area contributed by atoms with Crippen molar-refractivity contribution >= 4 is 63.5 Å². The number of halogens is 2. The average molecular weight is 383 g/mol. The van der Waals surface area contributed by atoms with E-state index in [-0.39, 0.29) is 5.91 Å². The number of aromatic nitrogens is 1. The minimum Gasteiger partial charge on any atom is -0.316 e. The van der Waals surface area contributed by atoms with Gasteiger partial charge in [-0.25, -0.2) is 0 Å². The van der Waals surface area contributed by atoms with E-state index < -0.39 is 0 Å². The first kappa shape index (κ1) is 16.6. The van der Waals surface area contributed by atoms with Gasteiger partial charge in [0.05, 0.1) is 20.6 Å². The normalized spacial score (nSPS) is 16.3. The summed E-state index contributed by atoms with van der Waals surface area (Å²) in [4.78, 5) is 12.4. The Morgan fingerprint density at radius 1 is 1.30 bits per heavy atom. The Morgan fingerprint density at radius 2 is 2.04 bits per heavy atom. The number of thiocarbonyl (C=S) groups is 1. The molecule has 0 radical (unpaired) electrons. The van der Waals surface area contributed by atoms with E-state index in [4.69, 9.17) is 35.4 Å². The number of hydrogen-bond acceptors (Lipinski definition) is 3. The Kier molecular flexibility index (Phi) is 4.56. The molecule has 0 bridgehead atoms. The maximum Gasteiger partial charge on any atom is 0.263 e. The average Bonchev–Trinajstić information content (AvgIpc) is 2.94. The lowest BCUT2D eigenvalue weighted by atomic mass is 10.2. The summed E-state index contributed by atoms with van der Waals surface area (Å²) in [6, 6.07) is 7.54. The number of thioether (sulfide) groups is 1.